The smallest absolute Gasteiger partial charge is 0.335 e. The van der Waals surface area contributed by atoms with Gasteiger partial charge < -0.3 is 19.3 Å². The van der Waals surface area contributed by atoms with Gasteiger partial charge in [0.15, 0.2) is 17.7 Å². The molecule has 4 rings (SSSR count). The maximum Gasteiger partial charge on any atom is 0.335 e. The van der Waals surface area contributed by atoms with E-state index in [1.807, 2.05) is 6.08 Å². The van der Waals surface area contributed by atoms with Gasteiger partial charge in [-0.05, 0) is 80.1 Å². The molecule has 0 saturated heterocycles. The normalized spacial score (nSPS) is 40.8. The van der Waals surface area contributed by atoms with Crippen LogP contribution in [0.15, 0.2) is 11.6 Å². The molecule has 0 aliphatic heterocycles. The van der Waals surface area contributed by atoms with Gasteiger partial charge in [0.05, 0.1) is 6.10 Å². The fraction of sp³-hybridized carbons (Fsp3) is 0.808. The number of rotatable bonds is 7. The molecule has 0 aromatic carbocycles. The quantitative estimate of drug-likeness (QED) is 0.458. The molecule has 33 heavy (non-hydrogen) atoms. The minimum Gasteiger partial charge on any atom is -0.456 e. The summed E-state index contributed by atoms with van der Waals surface area (Å²) in [5, 5.41) is 11.4. The van der Waals surface area contributed by atoms with Gasteiger partial charge in [0.2, 0.25) is 0 Å². The van der Waals surface area contributed by atoms with E-state index in [4.69, 9.17) is 14.2 Å². The van der Waals surface area contributed by atoms with Crippen LogP contribution in [0.5, 0.6) is 0 Å². The molecule has 0 aromatic rings. The zero-order chi connectivity index (χ0) is 24.0. The second-order valence-electron chi connectivity index (χ2n) is 11.1. The Morgan fingerprint density at radius 2 is 1.97 bits per heavy atom. The number of hydrogen-bond acceptors (Lipinski definition) is 7. The van der Waals surface area contributed by atoms with Crippen molar-refractivity contribution < 1.29 is 33.7 Å². The standard InChI is InChI=1S/C26H38O7/c1-15(33-14-31-4)24(30)32-13-22(29)20-8-7-19-18-6-5-16-11-17(27)9-10-25(16,2)23(18)21(28)12-26(19,20)3/h11,15,18-21,23,28H,5-10,12-14H2,1-4H3/t15?,18-,19-,20+,21-,23+,25-,26-/m0/s1. The van der Waals surface area contributed by atoms with E-state index in [2.05, 4.69) is 13.8 Å². The number of fused-ring (bicyclic) bond motifs is 5. The minimum absolute atomic E-state index is 0.0168. The van der Waals surface area contributed by atoms with Crippen molar-refractivity contribution in [1.82, 2.24) is 0 Å². The van der Waals surface area contributed by atoms with Gasteiger partial charge in [0.1, 0.15) is 13.4 Å². The highest BCUT2D eigenvalue weighted by atomic mass is 16.7. The van der Waals surface area contributed by atoms with E-state index in [9.17, 15) is 19.5 Å². The number of ether oxygens (including phenoxy) is 3. The Kier molecular flexibility index (Phi) is 6.87. The first kappa shape index (κ1) is 24.6. The van der Waals surface area contributed by atoms with Crippen LogP contribution in [-0.2, 0) is 28.6 Å². The fourth-order valence-electron chi connectivity index (χ4n) is 7.81. The highest BCUT2D eigenvalue weighted by molar-refractivity contribution is 5.91. The van der Waals surface area contributed by atoms with Crippen molar-refractivity contribution in [3.8, 4) is 0 Å². The van der Waals surface area contributed by atoms with Crippen molar-refractivity contribution in [1.29, 1.82) is 0 Å². The van der Waals surface area contributed by atoms with Crippen LogP contribution in [0.4, 0.5) is 0 Å². The average molecular weight is 463 g/mol. The SMILES string of the molecule is COCOC(C)C(=O)OCC(=O)[C@H]1CC[C@H]2[C@@H]3CCC4=CC(=O)CC[C@]4(C)[C@H]3[C@@H](O)C[C@]12C. The lowest BCUT2D eigenvalue weighted by atomic mass is 9.46. The topological polar surface area (TPSA) is 99.1 Å². The predicted molar refractivity (Wildman–Crippen MR) is 120 cm³/mol. The molecular formula is C26H38O7. The number of ketones is 2. The summed E-state index contributed by atoms with van der Waals surface area (Å²) >= 11 is 0. The summed E-state index contributed by atoms with van der Waals surface area (Å²) in [6.07, 6.45) is 6.06. The van der Waals surface area contributed by atoms with Gasteiger partial charge in [-0.2, -0.15) is 0 Å². The molecule has 0 bridgehead atoms. The molecule has 4 aliphatic carbocycles. The molecule has 3 saturated carbocycles. The van der Waals surface area contributed by atoms with Gasteiger partial charge in [-0.15, -0.1) is 0 Å². The molecule has 3 fully saturated rings. The Labute approximate surface area is 196 Å². The lowest BCUT2D eigenvalue weighted by Crippen LogP contribution is -2.57. The number of carbonyl (C=O) groups is 3. The molecule has 7 nitrogen and oxygen atoms in total. The lowest BCUT2D eigenvalue weighted by Gasteiger charge is -2.59. The van der Waals surface area contributed by atoms with E-state index in [0.717, 1.165) is 32.1 Å². The van der Waals surface area contributed by atoms with E-state index >= 15 is 0 Å². The van der Waals surface area contributed by atoms with Crippen LogP contribution in [-0.4, -0.2) is 55.4 Å². The van der Waals surface area contributed by atoms with E-state index in [0.29, 0.717) is 24.7 Å². The molecule has 8 atom stereocenters. The number of carbonyl (C=O) groups excluding carboxylic acids is 3. The molecule has 0 heterocycles. The van der Waals surface area contributed by atoms with Gasteiger partial charge >= 0.3 is 5.97 Å². The molecule has 7 heteroatoms. The van der Waals surface area contributed by atoms with Gasteiger partial charge in [-0.3, -0.25) is 9.59 Å². The fourth-order valence-corrected chi connectivity index (χ4v) is 7.81. The zero-order valence-electron chi connectivity index (χ0n) is 20.3. The maximum absolute atomic E-state index is 13.2. The number of aliphatic hydroxyl groups is 1. The molecule has 0 aromatic heterocycles. The number of aliphatic hydroxyl groups excluding tert-OH is 1. The summed E-state index contributed by atoms with van der Waals surface area (Å²) < 4.78 is 15.2. The minimum atomic E-state index is -0.797. The van der Waals surface area contributed by atoms with Gasteiger partial charge in [0.25, 0.3) is 0 Å². The predicted octanol–water partition coefficient (Wildman–Crippen LogP) is 3.23. The van der Waals surface area contributed by atoms with Crippen molar-refractivity contribution in [3.63, 3.8) is 0 Å². The zero-order valence-corrected chi connectivity index (χ0v) is 20.3. The van der Waals surface area contributed by atoms with Crippen LogP contribution in [0.2, 0.25) is 0 Å². The van der Waals surface area contributed by atoms with E-state index < -0.39 is 18.2 Å². The molecular weight excluding hydrogens is 424 g/mol. The van der Waals surface area contributed by atoms with Crippen molar-refractivity contribution in [3.05, 3.63) is 11.6 Å². The average Bonchev–Trinajstić information content (AvgIpc) is 3.12. The first-order valence-electron chi connectivity index (χ1n) is 12.3. The Morgan fingerprint density at radius 3 is 2.70 bits per heavy atom. The molecule has 4 aliphatic rings. The van der Waals surface area contributed by atoms with Crippen LogP contribution < -0.4 is 0 Å². The number of Topliss-reactive ketones (excluding diaryl/α,β-unsaturated/α-hetero) is 1. The second kappa shape index (κ2) is 9.23. The third-order valence-electron chi connectivity index (χ3n) is 9.41. The first-order valence-corrected chi connectivity index (χ1v) is 12.3. The van der Waals surface area contributed by atoms with Crippen molar-refractivity contribution >= 4 is 17.5 Å². The molecule has 0 amide bonds. The molecule has 0 spiro atoms. The summed E-state index contributed by atoms with van der Waals surface area (Å²) in [6, 6.07) is 0. The Bertz CT molecular complexity index is 834. The highest BCUT2D eigenvalue weighted by Crippen LogP contribution is 2.66. The van der Waals surface area contributed by atoms with Crippen LogP contribution in [0.1, 0.15) is 65.7 Å². The summed E-state index contributed by atoms with van der Waals surface area (Å²) in [7, 11) is 1.47. The second-order valence-corrected chi connectivity index (χ2v) is 11.1. The van der Waals surface area contributed by atoms with Gasteiger partial charge in [0, 0.05) is 19.4 Å². The number of esters is 1. The van der Waals surface area contributed by atoms with Crippen LogP contribution in [0, 0.1) is 34.5 Å². The number of hydrogen-bond donors (Lipinski definition) is 1. The van der Waals surface area contributed by atoms with Crippen molar-refractivity contribution in [2.75, 3.05) is 20.5 Å². The van der Waals surface area contributed by atoms with Crippen molar-refractivity contribution in [2.45, 2.75) is 77.9 Å². The monoisotopic (exact) mass is 462 g/mol. The molecule has 0 radical (unpaired) electrons. The molecule has 1 N–H and O–H groups in total. The van der Waals surface area contributed by atoms with E-state index in [1.165, 1.54) is 12.7 Å². The Morgan fingerprint density at radius 1 is 1.21 bits per heavy atom. The number of allylic oxidation sites excluding steroid dienone is 1. The summed E-state index contributed by atoms with van der Waals surface area (Å²) in [5.41, 5.74) is 0.780. The summed E-state index contributed by atoms with van der Waals surface area (Å²) in [6.45, 7) is 5.68. The van der Waals surface area contributed by atoms with Crippen LogP contribution in [0.25, 0.3) is 0 Å². The largest absolute Gasteiger partial charge is 0.456 e. The summed E-state index contributed by atoms with van der Waals surface area (Å²) in [5.74, 6) is 0.179. The highest BCUT2D eigenvalue weighted by Gasteiger charge is 2.62. The third kappa shape index (κ3) is 4.21. The summed E-state index contributed by atoms with van der Waals surface area (Å²) in [4.78, 5) is 37.3. The number of methoxy groups -OCH3 is 1. The first-order chi connectivity index (χ1) is 15.6. The Balaban J connectivity index is 1.46. The van der Waals surface area contributed by atoms with Gasteiger partial charge in [-0.25, -0.2) is 4.79 Å². The lowest BCUT2D eigenvalue weighted by molar-refractivity contribution is -0.167. The third-order valence-corrected chi connectivity index (χ3v) is 9.41. The molecule has 1 unspecified atom stereocenters. The van der Waals surface area contributed by atoms with Crippen LogP contribution in [0.3, 0.4) is 0 Å². The van der Waals surface area contributed by atoms with E-state index in [1.54, 1.807) is 6.92 Å². The van der Waals surface area contributed by atoms with Gasteiger partial charge in [-0.1, -0.05) is 19.4 Å². The van der Waals surface area contributed by atoms with Crippen LogP contribution >= 0.6 is 0 Å². The van der Waals surface area contributed by atoms with Crippen molar-refractivity contribution in [2.24, 2.45) is 34.5 Å². The maximum atomic E-state index is 13.2. The molecule has 184 valence electrons. The van der Waals surface area contributed by atoms with E-state index in [-0.39, 0.29) is 47.6 Å². The Hall–Kier alpha value is -1.57.